The molecular weight excluding hydrogens is 400 g/mol. The highest BCUT2D eigenvalue weighted by atomic mass is 16.5. The molecule has 0 aliphatic heterocycles. The van der Waals surface area contributed by atoms with Crippen LogP contribution in [-0.4, -0.2) is 31.2 Å². The molecule has 4 rings (SSSR count). The molecule has 0 bridgehead atoms. The van der Waals surface area contributed by atoms with Gasteiger partial charge in [0.15, 0.2) is 0 Å². The molecule has 162 valence electrons. The fraction of sp³-hybridized carbons (Fsp3) is 0.185. The summed E-state index contributed by atoms with van der Waals surface area (Å²) < 4.78 is 10.7. The second-order valence-corrected chi connectivity index (χ2v) is 7.38. The van der Waals surface area contributed by atoms with Gasteiger partial charge in [0.2, 0.25) is 0 Å². The molecule has 5 nitrogen and oxygen atoms in total. The zero-order chi connectivity index (χ0) is 22.3. The summed E-state index contributed by atoms with van der Waals surface area (Å²) in [6, 6.07) is 25.2. The predicted octanol–water partition coefficient (Wildman–Crippen LogP) is 5.28. The lowest BCUT2D eigenvalue weighted by Gasteiger charge is -2.11. The van der Waals surface area contributed by atoms with Crippen molar-refractivity contribution in [2.75, 3.05) is 20.3 Å². The Morgan fingerprint density at radius 3 is 2.38 bits per heavy atom. The molecule has 5 heteroatoms. The number of ether oxygens (including phenoxy) is 2. The van der Waals surface area contributed by atoms with Gasteiger partial charge >= 0.3 is 0 Å². The van der Waals surface area contributed by atoms with Crippen molar-refractivity contribution in [2.24, 2.45) is 0 Å². The van der Waals surface area contributed by atoms with Crippen molar-refractivity contribution in [3.8, 4) is 22.8 Å². The molecule has 1 amide bonds. The topological polar surface area (TPSA) is 60.5 Å². The predicted molar refractivity (Wildman–Crippen MR) is 127 cm³/mol. The summed E-state index contributed by atoms with van der Waals surface area (Å²) in [5.74, 6) is 1.53. The first-order chi connectivity index (χ1) is 15.7. The van der Waals surface area contributed by atoms with Crippen LogP contribution in [0, 0.1) is 0 Å². The summed E-state index contributed by atoms with van der Waals surface area (Å²) in [6.45, 7) is 3.12. The molecule has 0 fully saturated rings. The van der Waals surface area contributed by atoms with E-state index in [9.17, 15) is 4.79 Å². The molecule has 0 aliphatic carbocycles. The van der Waals surface area contributed by atoms with Crippen molar-refractivity contribution in [1.29, 1.82) is 0 Å². The Kier molecular flexibility index (Phi) is 6.66. The number of aromatic nitrogens is 1. The van der Waals surface area contributed by atoms with Crippen molar-refractivity contribution < 1.29 is 14.3 Å². The maximum absolute atomic E-state index is 13.1. The molecule has 3 aromatic carbocycles. The highest BCUT2D eigenvalue weighted by Crippen LogP contribution is 2.26. The number of hydrogen-bond donors (Lipinski definition) is 1. The first kappa shape index (κ1) is 21.4. The monoisotopic (exact) mass is 426 g/mol. The van der Waals surface area contributed by atoms with E-state index < -0.39 is 0 Å². The standard InChI is InChI=1S/C27H26N2O3/c1-3-32-22-14-10-20(11-15-22)26-18-24(23-6-4-5-7-25(23)29-26)27(30)28-17-16-19-8-12-21(31-2)13-9-19/h4-15,18H,3,16-17H2,1-2H3,(H,28,30). The van der Waals surface area contributed by atoms with Gasteiger partial charge in [0.1, 0.15) is 11.5 Å². The highest BCUT2D eigenvalue weighted by molar-refractivity contribution is 6.07. The van der Waals surface area contributed by atoms with Crippen molar-refractivity contribution in [2.45, 2.75) is 13.3 Å². The zero-order valence-electron chi connectivity index (χ0n) is 18.3. The van der Waals surface area contributed by atoms with Gasteiger partial charge in [0.25, 0.3) is 5.91 Å². The average Bonchev–Trinajstić information content (AvgIpc) is 2.84. The normalized spacial score (nSPS) is 10.7. The van der Waals surface area contributed by atoms with E-state index in [1.54, 1.807) is 7.11 Å². The summed E-state index contributed by atoms with van der Waals surface area (Å²) in [4.78, 5) is 17.9. The Morgan fingerprint density at radius 1 is 0.938 bits per heavy atom. The number of rotatable bonds is 8. The first-order valence-electron chi connectivity index (χ1n) is 10.7. The third-order valence-electron chi connectivity index (χ3n) is 5.28. The van der Waals surface area contributed by atoms with E-state index in [-0.39, 0.29) is 5.91 Å². The lowest BCUT2D eigenvalue weighted by atomic mass is 10.0. The number of para-hydroxylation sites is 1. The van der Waals surface area contributed by atoms with Crippen LogP contribution in [0.3, 0.4) is 0 Å². The molecule has 0 unspecified atom stereocenters. The van der Waals surface area contributed by atoms with Gasteiger partial charge in [-0.25, -0.2) is 4.98 Å². The fourth-order valence-corrected chi connectivity index (χ4v) is 3.61. The molecular formula is C27H26N2O3. The van der Waals surface area contributed by atoms with Crippen LogP contribution < -0.4 is 14.8 Å². The van der Waals surface area contributed by atoms with Gasteiger partial charge in [-0.3, -0.25) is 4.79 Å². The molecule has 0 spiro atoms. The summed E-state index contributed by atoms with van der Waals surface area (Å²) in [5, 5.41) is 3.89. The SMILES string of the molecule is CCOc1ccc(-c2cc(C(=O)NCCc3ccc(OC)cc3)c3ccccc3n2)cc1. The molecule has 32 heavy (non-hydrogen) atoms. The Labute approximate surface area is 188 Å². The van der Waals surface area contributed by atoms with Gasteiger partial charge in [-0.05, 0) is 67.4 Å². The molecule has 0 atom stereocenters. The molecule has 4 aromatic rings. The Balaban J connectivity index is 1.55. The number of hydrogen-bond acceptors (Lipinski definition) is 4. The number of pyridine rings is 1. The van der Waals surface area contributed by atoms with Crippen LogP contribution in [0.5, 0.6) is 11.5 Å². The number of fused-ring (bicyclic) bond motifs is 1. The maximum Gasteiger partial charge on any atom is 0.252 e. The van der Waals surface area contributed by atoms with Gasteiger partial charge < -0.3 is 14.8 Å². The zero-order valence-corrected chi connectivity index (χ0v) is 18.3. The van der Waals surface area contributed by atoms with Crippen LogP contribution in [0.15, 0.2) is 78.9 Å². The van der Waals surface area contributed by atoms with Crippen LogP contribution in [0.1, 0.15) is 22.8 Å². The van der Waals surface area contributed by atoms with Crippen molar-refractivity contribution in [1.82, 2.24) is 10.3 Å². The number of carbonyl (C=O) groups excluding carboxylic acids is 1. The maximum atomic E-state index is 13.1. The van der Waals surface area contributed by atoms with Gasteiger partial charge in [0.05, 0.1) is 30.5 Å². The van der Waals surface area contributed by atoms with E-state index in [0.717, 1.165) is 45.6 Å². The van der Waals surface area contributed by atoms with E-state index in [1.165, 1.54) is 0 Å². The van der Waals surface area contributed by atoms with Crippen molar-refractivity contribution in [3.05, 3.63) is 90.0 Å². The minimum absolute atomic E-state index is 0.107. The third kappa shape index (κ3) is 4.89. The van der Waals surface area contributed by atoms with Crippen LogP contribution >= 0.6 is 0 Å². The molecule has 1 heterocycles. The summed E-state index contributed by atoms with van der Waals surface area (Å²) in [6.07, 6.45) is 0.741. The minimum atomic E-state index is -0.107. The number of carbonyl (C=O) groups is 1. The highest BCUT2D eigenvalue weighted by Gasteiger charge is 2.14. The van der Waals surface area contributed by atoms with Gasteiger partial charge in [0, 0.05) is 17.5 Å². The van der Waals surface area contributed by atoms with Crippen LogP contribution in [-0.2, 0) is 6.42 Å². The fourth-order valence-electron chi connectivity index (χ4n) is 3.61. The second-order valence-electron chi connectivity index (χ2n) is 7.38. The molecule has 0 saturated heterocycles. The lowest BCUT2D eigenvalue weighted by Crippen LogP contribution is -2.26. The first-order valence-corrected chi connectivity index (χ1v) is 10.7. The lowest BCUT2D eigenvalue weighted by molar-refractivity contribution is 0.0955. The minimum Gasteiger partial charge on any atom is -0.497 e. The largest absolute Gasteiger partial charge is 0.497 e. The Bertz CT molecular complexity index is 1200. The molecule has 0 radical (unpaired) electrons. The Morgan fingerprint density at radius 2 is 1.66 bits per heavy atom. The molecule has 0 saturated carbocycles. The number of benzene rings is 3. The second kappa shape index (κ2) is 9.96. The smallest absolute Gasteiger partial charge is 0.252 e. The quantitative estimate of drug-likeness (QED) is 0.416. The molecule has 0 aliphatic rings. The van der Waals surface area contributed by atoms with Crippen molar-refractivity contribution in [3.63, 3.8) is 0 Å². The summed E-state index contributed by atoms with van der Waals surface area (Å²) in [7, 11) is 1.65. The summed E-state index contributed by atoms with van der Waals surface area (Å²) in [5.41, 5.74) is 4.24. The summed E-state index contributed by atoms with van der Waals surface area (Å²) >= 11 is 0. The third-order valence-corrected chi connectivity index (χ3v) is 5.28. The van der Waals surface area contributed by atoms with Crippen molar-refractivity contribution >= 4 is 16.8 Å². The van der Waals surface area contributed by atoms with Gasteiger partial charge in [-0.15, -0.1) is 0 Å². The number of nitrogens with one attached hydrogen (secondary N) is 1. The van der Waals surface area contributed by atoms with Crippen LogP contribution in [0.4, 0.5) is 0 Å². The van der Waals surface area contributed by atoms with Gasteiger partial charge in [-0.1, -0.05) is 30.3 Å². The number of amides is 1. The molecule has 1 N–H and O–H groups in total. The van der Waals surface area contributed by atoms with Crippen LogP contribution in [0.2, 0.25) is 0 Å². The number of methoxy groups -OCH3 is 1. The van der Waals surface area contributed by atoms with E-state index in [1.807, 2.05) is 85.8 Å². The average molecular weight is 427 g/mol. The van der Waals surface area contributed by atoms with E-state index in [0.29, 0.717) is 18.7 Å². The molecule has 1 aromatic heterocycles. The number of nitrogens with zero attached hydrogens (tertiary/aromatic N) is 1. The van der Waals surface area contributed by atoms with Gasteiger partial charge in [-0.2, -0.15) is 0 Å². The van der Waals surface area contributed by atoms with E-state index in [2.05, 4.69) is 5.32 Å². The van der Waals surface area contributed by atoms with E-state index in [4.69, 9.17) is 14.5 Å². The van der Waals surface area contributed by atoms with Crippen LogP contribution in [0.25, 0.3) is 22.2 Å². The van der Waals surface area contributed by atoms with E-state index >= 15 is 0 Å². The Hall–Kier alpha value is -3.86.